The monoisotopic (exact) mass is 384 g/mol. The Morgan fingerprint density at radius 2 is 1.78 bits per heavy atom. The van der Waals surface area contributed by atoms with Crippen molar-refractivity contribution in [3.8, 4) is 22.9 Å². The molecule has 0 aliphatic rings. The van der Waals surface area contributed by atoms with Gasteiger partial charge in [-0.25, -0.2) is 9.18 Å². The summed E-state index contributed by atoms with van der Waals surface area (Å²) in [6.45, 7) is 0.150. The minimum absolute atomic E-state index is 0.150. The van der Waals surface area contributed by atoms with Gasteiger partial charge in [-0.2, -0.15) is 13.2 Å². The van der Waals surface area contributed by atoms with Crippen LogP contribution in [0.15, 0.2) is 47.1 Å². The number of alkyl halides is 3. The standard InChI is InChI=1S/C14H11FN4O.C2HF3O2/c15-12-6-9(3-4-10(12)7-16)13-18-19-14(20-13)11-2-1-5-17-8-11;3-2(4,5)1(6)7/h1-6,8H,7,16H2;(H,6,7). The van der Waals surface area contributed by atoms with Crippen LogP contribution in [0.1, 0.15) is 5.56 Å². The van der Waals surface area contributed by atoms with Crippen molar-refractivity contribution in [1.82, 2.24) is 15.2 Å². The Morgan fingerprint density at radius 3 is 2.26 bits per heavy atom. The van der Waals surface area contributed by atoms with Crippen LogP contribution in [-0.2, 0) is 11.3 Å². The lowest BCUT2D eigenvalue weighted by atomic mass is 10.1. The van der Waals surface area contributed by atoms with Gasteiger partial charge in [0.15, 0.2) is 0 Å². The number of benzene rings is 1. The molecule has 0 fully saturated rings. The van der Waals surface area contributed by atoms with E-state index in [1.165, 1.54) is 6.07 Å². The molecule has 27 heavy (non-hydrogen) atoms. The number of nitrogens with zero attached hydrogens (tertiary/aromatic N) is 3. The van der Waals surface area contributed by atoms with Crippen molar-refractivity contribution in [2.75, 3.05) is 0 Å². The minimum Gasteiger partial charge on any atom is -0.475 e. The molecule has 3 rings (SSSR count). The van der Waals surface area contributed by atoms with Crippen LogP contribution in [-0.4, -0.2) is 32.4 Å². The zero-order valence-electron chi connectivity index (χ0n) is 13.4. The van der Waals surface area contributed by atoms with Gasteiger partial charge in [-0.05, 0) is 24.3 Å². The van der Waals surface area contributed by atoms with E-state index in [9.17, 15) is 17.6 Å². The SMILES string of the molecule is NCc1ccc(-c2nnc(-c3cccnc3)o2)cc1F.O=C(O)C(F)(F)F. The van der Waals surface area contributed by atoms with E-state index in [0.29, 0.717) is 22.6 Å². The second-order valence-corrected chi connectivity index (χ2v) is 4.97. The molecule has 0 aliphatic heterocycles. The van der Waals surface area contributed by atoms with Gasteiger partial charge in [0.05, 0.1) is 5.56 Å². The summed E-state index contributed by atoms with van der Waals surface area (Å²) in [5.74, 6) is -2.54. The highest BCUT2D eigenvalue weighted by Crippen LogP contribution is 2.24. The Labute approximate surface area is 149 Å². The Kier molecular flexibility index (Phi) is 6.19. The molecule has 0 atom stereocenters. The topological polar surface area (TPSA) is 115 Å². The van der Waals surface area contributed by atoms with Crippen molar-refractivity contribution < 1.29 is 31.9 Å². The molecule has 0 bridgehead atoms. The Hall–Kier alpha value is -3.34. The lowest BCUT2D eigenvalue weighted by Crippen LogP contribution is -2.21. The van der Waals surface area contributed by atoms with Crippen molar-refractivity contribution >= 4 is 5.97 Å². The molecule has 0 aliphatic carbocycles. The van der Waals surface area contributed by atoms with Gasteiger partial charge in [-0.3, -0.25) is 4.98 Å². The molecule has 142 valence electrons. The number of hydrogen-bond donors (Lipinski definition) is 2. The molecule has 0 saturated carbocycles. The highest BCUT2D eigenvalue weighted by Gasteiger charge is 2.38. The van der Waals surface area contributed by atoms with E-state index in [-0.39, 0.29) is 18.3 Å². The van der Waals surface area contributed by atoms with Crippen LogP contribution in [0.5, 0.6) is 0 Å². The molecule has 7 nitrogen and oxygen atoms in total. The normalized spacial score (nSPS) is 10.9. The number of aromatic nitrogens is 3. The van der Waals surface area contributed by atoms with Gasteiger partial charge < -0.3 is 15.3 Å². The van der Waals surface area contributed by atoms with Crippen LogP contribution in [0.25, 0.3) is 22.9 Å². The second-order valence-electron chi connectivity index (χ2n) is 4.97. The molecule has 2 heterocycles. The second kappa shape index (κ2) is 8.36. The molecule has 11 heteroatoms. The summed E-state index contributed by atoms with van der Waals surface area (Å²) in [6.07, 6.45) is -1.81. The number of hydrogen-bond acceptors (Lipinski definition) is 6. The molecule has 0 amide bonds. The predicted molar refractivity (Wildman–Crippen MR) is 84.5 cm³/mol. The lowest BCUT2D eigenvalue weighted by Gasteiger charge is -2.00. The van der Waals surface area contributed by atoms with Crippen molar-refractivity contribution in [2.24, 2.45) is 5.73 Å². The smallest absolute Gasteiger partial charge is 0.475 e. The summed E-state index contributed by atoms with van der Waals surface area (Å²) in [4.78, 5) is 12.9. The highest BCUT2D eigenvalue weighted by molar-refractivity contribution is 5.73. The van der Waals surface area contributed by atoms with E-state index in [0.717, 1.165) is 0 Å². The fourth-order valence-electron chi connectivity index (χ4n) is 1.79. The van der Waals surface area contributed by atoms with Gasteiger partial charge in [0.25, 0.3) is 0 Å². The van der Waals surface area contributed by atoms with Crippen LogP contribution >= 0.6 is 0 Å². The Morgan fingerprint density at radius 1 is 1.15 bits per heavy atom. The first-order valence-corrected chi connectivity index (χ1v) is 7.25. The zero-order valence-corrected chi connectivity index (χ0v) is 13.4. The molecule has 0 unspecified atom stereocenters. The largest absolute Gasteiger partial charge is 0.490 e. The van der Waals surface area contributed by atoms with Crippen LogP contribution in [0.3, 0.4) is 0 Å². The maximum atomic E-state index is 13.7. The number of halogens is 4. The molecule has 3 aromatic rings. The number of carboxylic acid groups (broad SMARTS) is 1. The van der Waals surface area contributed by atoms with Crippen LogP contribution in [0.4, 0.5) is 17.6 Å². The number of aliphatic carboxylic acids is 1. The quantitative estimate of drug-likeness (QED) is 0.667. The number of carbonyl (C=O) groups is 1. The van der Waals surface area contributed by atoms with Gasteiger partial charge in [0.1, 0.15) is 5.82 Å². The average Bonchev–Trinajstić information content (AvgIpc) is 3.12. The van der Waals surface area contributed by atoms with Gasteiger partial charge in [-0.1, -0.05) is 6.07 Å². The summed E-state index contributed by atoms with van der Waals surface area (Å²) in [7, 11) is 0. The summed E-state index contributed by atoms with van der Waals surface area (Å²) in [5, 5.41) is 15.0. The van der Waals surface area contributed by atoms with E-state index in [4.69, 9.17) is 20.1 Å². The van der Waals surface area contributed by atoms with E-state index < -0.39 is 12.1 Å². The molecular weight excluding hydrogens is 372 g/mol. The Balaban J connectivity index is 0.000000321. The van der Waals surface area contributed by atoms with Crippen molar-refractivity contribution in [2.45, 2.75) is 12.7 Å². The highest BCUT2D eigenvalue weighted by atomic mass is 19.4. The van der Waals surface area contributed by atoms with E-state index in [1.807, 2.05) is 6.07 Å². The third-order valence-electron chi connectivity index (χ3n) is 3.10. The number of rotatable bonds is 3. The van der Waals surface area contributed by atoms with Crippen molar-refractivity contribution in [3.63, 3.8) is 0 Å². The first kappa shape index (κ1) is 20.0. The van der Waals surface area contributed by atoms with E-state index >= 15 is 0 Å². The fourth-order valence-corrected chi connectivity index (χ4v) is 1.79. The maximum absolute atomic E-state index is 13.7. The summed E-state index contributed by atoms with van der Waals surface area (Å²) in [6, 6.07) is 8.23. The molecule has 0 spiro atoms. The van der Waals surface area contributed by atoms with Gasteiger partial charge in [0.2, 0.25) is 11.8 Å². The predicted octanol–water partition coefficient (Wildman–Crippen LogP) is 3.03. The molecule has 2 aromatic heterocycles. The molecule has 0 radical (unpaired) electrons. The Bertz CT molecular complexity index is 914. The minimum atomic E-state index is -5.08. The van der Waals surface area contributed by atoms with E-state index in [2.05, 4.69) is 15.2 Å². The van der Waals surface area contributed by atoms with Gasteiger partial charge >= 0.3 is 12.1 Å². The van der Waals surface area contributed by atoms with Crippen molar-refractivity contribution in [3.05, 3.63) is 54.1 Å². The van der Waals surface area contributed by atoms with Crippen molar-refractivity contribution in [1.29, 1.82) is 0 Å². The molecule has 1 aromatic carbocycles. The molecule has 3 N–H and O–H groups in total. The average molecular weight is 384 g/mol. The third kappa shape index (κ3) is 5.31. The number of carboxylic acids is 1. The number of pyridine rings is 1. The summed E-state index contributed by atoms with van der Waals surface area (Å²) in [5.41, 5.74) is 7.10. The van der Waals surface area contributed by atoms with Gasteiger partial charge in [-0.15, -0.1) is 10.2 Å². The maximum Gasteiger partial charge on any atom is 0.490 e. The zero-order chi connectivity index (χ0) is 20.0. The van der Waals surface area contributed by atoms with E-state index in [1.54, 1.807) is 30.6 Å². The number of nitrogens with two attached hydrogens (primary N) is 1. The third-order valence-corrected chi connectivity index (χ3v) is 3.10. The molecule has 0 saturated heterocycles. The van der Waals surface area contributed by atoms with Crippen LogP contribution in [0, 0.1) is 5.82 Å². The first-order valence-electron chi connectivity index (χ1n) is 7.25. The van der Waals surface area contributed by atoms with Crippen LogP contribution in [0.2, 0.25) is 0 Å². The summed E-state index contributed by atoms with van der Waals surface area (Å²) < 4.78 is 50.9. The first-order chi connectivity index (χ1) is 12.7. The summed E-state index contributed by atoms with van der Waals surface area (Å²) >= 11 is 0. The van der Waals surface area contributed by atoms with Crippen LogP contribution < -0.4 is 5.73 Å². The van der Waals surface area contributed by atoms with Gasteiger partial charge in [0, 0.05) is 30.1 Å². The fraction of sp³-hybridized carbons (Fsp3) is 0.125. The lowest BCUT2D eigenvalue weighted by molar-refractivity contribution is -0.192. The molecular formula is C16H12F4N4O3.